The number of hydrogen-bond donors (Lipinski definition) is 1. The van der Waals surface area contributed by atoms with Crippen LogP contribution in [0.4, 0.5) is 0 Å². The molecule has 0 spiro atoms. The number of nitrogens with zero attached hydrogens (tertiary/aromatic N) is 2. The van der Waals surface area contributed by atoms with Gasteiger partial charge in [0.1, 0.15) is 6.61 Å². The van der Waals surface area contributed by atoms with Crippen LogP contribution in [0.25, 0.3) is 0 Å². The zero-order valence-corrected chi connectivity index (χ0v) is 8.49. The number of ether oxygens (including phenoxy) is 2. The fourth-order valence-corrected chi connectivity index (χ4v) is 0.930. The van der Waals surface area contributed by atoms with E-state index in [0.717, 1.165) is 5.69 Å². The van der Waals surface area contributed by atoms with Crippen molar-refractivity contribution in [3.8, 4) is 5.88 Å². The highest BCUT2D eigenvalue weighted by Gasteiger charge is 1.97. The summed E-state index contributed by atoms with van der Waals surface area (Å²) in [6.07, 6.45) is 0. The molecule has 1 aromatic rings. The van der Waals surface area contributed by atoms with E-state index in [1.165, 1.54) is 0 Å². The van der Waals surface area contributed by atoms with E-state index >= 15 is 0 Å². The summed E-state index contributed by atoms with van der Waals surface area (Å²) in [5.41, 5.74) is 0.895. The Morgan fingerprint density at radius 1 is 1.29 bits per heavy atom. The standard InChI is InChI=1S/C9H15N3O2/c1-10-7-8-3-4-9(12-11-8)14-6-5-13-2/h3-4,10H,5-7H2,1-2H3. The maximum atomic E-state index is 5.26. The van der Waals surface area contributed by atoms with Crippen LogP contribution in [-0.2, 0) is 11.3 Å². The highest BCUT2D eigenvalue weighted by atomic mass is 16.5. The van der Waals surface area contributed by atoms with Gasteiger partial charge in [0.05, 0.1) is 12.3 Å². The second-order valence-corrected chi connectivity index (χ2v) is 2.73. The van der Waals surface area contributed by atoms with Gasteiger partial charge in [-0.1, -0.05) is 0 Å². The van der Waals surface area contributed by atoms with Gasteiger partial charge in [-0.15, -0.1) is 5.10 Å². The largest absolute Gasteiger partial charge is 0.474 e. The third-order valence-corrected chi connectivity index (χ3v) is 1.59. The molecule has 0 aliphatic rings. The number of aromatic nitrogens is 2. The van der Waals surface area contributed by atoms with Crippen LogP contribution in [0.2, 0.25) is 0 Å². The van der Waals surface area contributed by atoms with Crippen molar-refractivity contribution in [2.24, 2.45) is 0 Å². The minimum Gasteiger partial charge on any atom is -0.474 e. The Kier molecular flexibility index (Phi) is 4.88. The lowest BCUT2D eigenvalue weighted by Gasteiger charge is -2.03. The van der Waals surface area contributed by atoms with Crippen LogP contribution in [0.15, 0.2) is 12.1 Å². The van der Waals surface area contributed by atoms with Crippen molar-refractivity contribution in [1.82, 2.24) is 15.5 Å². The van der Waals surface area contributed by atoms with E-state index < -0.39 is 0 Å². The van der Waals surface area contributed by atoms with Crippen molar-refractivity contribution in [2.75, 3.05) is 27.4 Å². The molecule has 1 N–H and O–H groups in total. The third-order valence-electron chi connectivity index (χ3n) is 1.59. The molecule has 0 aliphatic carbocycles. The van der Waals surface area contributed by atoms with Crippen molar-refractivity contribution < 1.29 is 9.47 Å². The molecule has 0 saturated carbocycles. The van der Waals surface area contributed by atoms with Gasteiger partial charge in [-0.3, -0.25) is 0 Å². The van der Waals surface area contributed by atoms with E-state index in [1.54, 1.807) is 13.2 Å². The molecule has 5 heteroatoms. The molecule has 0 aromatic carbocycles. The van der Waals surface area contributed by atoms with Crippen LogP contribution < -0.4 is 10.1 Å². The summed E-state index contributed by atoms with van der Waals surface area (Å²) in [6.45, 7) is 1.77. The predicted molar refractivity (Wildman–Crippen MR) is 52.2 cm³/mol. The second kappa shape index (κ2) is 6.28. The SMILES string of the molecule is CNCc1ccc(OCCOC)nn1. The van der Waals surface area contributed by atoms with Gasteiger partial charge in [-0.25, -0.2) is 0 Å². The summed E-state index contributed by atoms with van der Waals surface area (Å²) in [5, 5.41) is 10.9. The fraction of sp³-hybridized carbons (Fsp3) is 0.556. The van der Waals surface area contributed by atoms with E-state index in [1.807, 2.05) is 13.1 Å². The molecule has 14 heavy (non-hydrogen) atoms. The lowest BCUT2D eigenvalue weighted by atomic mass is 10.4. The number of nitrogens with one attached hydrogen (secondary N) is 1. The summed E-state index contributed by atoms with van der Waals surface area (Å²) >= 11 is 0. The Morgan fingerprint density at radius 2 is 2.14 bits per heavy atom. The number of hydrogen-bond acceptors (Lipinski definition) is 5. The summed E-state index contributed by atoms with van der Waals surface area (Å²) in [6, 6.07) is 3.68. The lowest BCUT2D eigenvalue weighted by Crippen LogP contribution is -2.09. The molecule has 5 nitrogen and oxygen atoms in total. The van der Waals surface area contributed by atoms with Crippen LogP contribution in [0.1, 0.15) is 5.69 Å². The maximum absolute atomic E-state index is 5.26. The van der Waals surface area contributed by atoms with Crippen LogP contribution in [0.3, 0.4) is 0 Å². The molecule has 1 rings (SSSR count). The van der Waals surface area contributed by atoms with Crippen molar-refractivity contribution in [3.05, 3.63) is 17.8 Å². The first-order valence-electron chi connectivity index (χ1n) is 4.45. The molecule has 1 aromatic heterocycles. The van der Waals surface area contributed by atoms with Crippen molar-refractivity contribution >= 4 is 0 Å². The number of rotatable bonds is 6. The molecule has 0 aliphatic heterocycles. The molecule has 0 radical (unpaired) electrons. The third kappa shape index (κ3) is 3.68. The van der Waals surface area contributed by atoms with Gasteiger partial charge < -0.3 is 14.8 Å². The van der Waals surface area contributed by atoms with Gasteiger partial charge in [0.2, 0.25) is 5.88 Å². The average molecular weight is 197 g/mol. The van der Waals surface area contributed by atoms with Gasteiger partial charge in [0, 0.05) is 19.7 Å². The van der Waals surface area contributed by atoms with Crippen LogP contribution in [-0.4, -0.2) is 37.6 Å². The molecule has 0 fully saturated rings. The molecule has 0 atom stereocenters. The maximum Gasteiger partial charge on any atom is 0.233 e. The van der Waals surface area contributed by atoms with Crippen molar-refractivity contribution in [3.63, 3.8) is 0 Å². The summed E-state index contributed by atoms with van der Waals surface area (Å²) < 4.78 is 10.1. The number of methoxy groups -OCH3 is 1. The molecule has 0 unspecified atom stereocenters. The normalized spacial score (nSPS) is 10.1. The average Bonchev–Trinajstić information content (AvgIpc) is 2.21. The Balaban J connectivity index is 2.38. The van der Waals surface area contributed by atoms with Gasteiger partial charge in [0.25, 0.3) is 0 Å². The second-order valence-electron chi connectivity index (χ2n) is 2.73. The zero-order valence-electron chi connectivity index (χ0n) is 8.49. The quantitative estimate of drug-likeness (QED) is 0.661. The monoisotopic (exact) mass is 197 g/mol. The molecule has 0 bridgehead atoms. The Hall–Kier alpha value is -1.20. The van der Waals surface area contributed by atoms with Gasteiger partial charge in [-0.2, -0.15) is 5.10 Å². The van der Waals surface area contributed by atoms with Crippen molar-refractivity contribution in [2.45, 2.75) is 6.54 Å². The van der Waals surface area contributed by atoms with Crippen LogP contribution in [0, 0.1) is 0 Å². The summed E-state index contributed by atoms with van der Waals surface area (Å²) in [7, 11) is 3.50. The molecular formula is C9H15N3O2. The van der Waals surface area contributed by atoms with Gasteiger partial charge in [0.15, 0.2) is 0 Å². The molecule has 0 amide bonds. The van der Waals surface area contributed by atoms with Crippen LogP contribution >= 0.6 is 0 Å². The minimum absolute atomic E-state index is 0.497. The van der Waals surface area contributed by atoms with Crippen molar-refractivity contribution in [1.29, 1.82) is 0 Å². The first-order valence-corrected chi connectivity index (χ1v) is 4.45. The zero-order chi connectivity index (χ0) is 10.2. The Labute approximate surface area is 83.4 Å². The first kappa shape index (κ1) is 10.9. The van der Waals surface area contributed by atoms with Crippen LogP contribution in [0.5, 0.6) is 5.88 Å². The lowest BCUT2D eigenvalue weighted by molar-refractivity contribution is 0.143. The fourth-order valence-electron chi connectivity index (χ4n) is 0.930. The highest BCUT2D eigenvalue weighted by molar-refractivity contribution is 5.11. The summed E-state index contributed by atoms with van der Waals surface area (Å²) in [5.74, 6) is 0.530. The highest BCUT2D eigenvalue weighted by Crippen LogP contribution is 2.04. The van der Waals surface area contributed by atoms with E-state index in [-0.39, 0.29) is 0 Å². The van der Waals surface area contributed by atoms with Gasteiger partial charge in [-0.05, 0) is 13.1 Å². The molecular weight excluding hydrogens is 182 g/mol. The van der Waals surface area contributed by atoms with E-state index in [0.29, 0.717) is 25.6 Å². The molecule has 0 saturated heterocycles. The topological polar surface area (TPSA) is 56.3 Å². The van der Waals surface area contributed by atoms with Gasteiger partial charge >= 0.3 is 0 Å². The Bertz CT molecular complexity index is 251. The van der Waals surface area contributed by atoms with E-state index in [9.17, 15) is 0 Å². The minimum atomic E-state index is 0.497. The van der Waals surface area contributed by atoms with E-state index in [4.69, 9.17) is 9.47 Å². The molecule has 78 valence electrons. The smallest absolute Gasteiger partial charge is 0.233 e. The predicted octanol–water partition coefficient (Wildman–Crippen LogP) is 0.221. The Morgan fingerprint density at radius 3 is 2.71 bits per heavy atom. The molecule has 1 heterocycles. The first-order chi connectivity index (χ1) is 6.86. The van der Waals surface area contributed by atoms with E-state index in [2.05, 4.69) is 15.5 Å². The summed E-state index contributed by atoms with van der Waals surface area (Å²) in [4.78, 5) is 0.